The molecule has 7 nitrogen and oxygen atoms in total. The molecule has 0 aromatic carbocycles. The lowest BCUT2D eigenvalue weighted by molar-refractivity contribution is 0.188. The molecule has 1 fully saturated rings. The number of imidazole rings is 1. The molecule has 1 saturated heterocycles. The van der Waals surface area contributed by atoms with Crippen LogP contribution in [0.1, 0.15) is 19.4 Å². The topological polar surface area (TPSA) is 67.6 Å². The molecule has 2 aromatic heterocycles. The molecule has 2 unspecified atom stereocenters. The molecule has 1 aliphatic rings. The smallest absolute Gasteiger partial charge is 0.232 e. The molecule has 0 saturated carbocycles. The van der Waals surface area contributed by atoms with Crippen LogP contribution in [-0.2, 0) is 0 Å². The van der Waals surface area contributed by atoms with E-state index in [-0.39, 0.29) is 24.0 Å². The zero-order chi connectivity index (χ0) is 18.4. The second kappa shape index (κ2) is 10.7. The average Bonchev–Trinajstić information content (AvgIpc) is 3.18. The Kier molecular flexibility index (Phi) is 8.62. The van der Waals surface area contributed by atoms with Crippen LogP contribution in [0.15, 0.2) is 42.0 Å². The number of hydrogen-bond acceptors (Lipinski definition) is 4. The van der Waals surface area contributed by atoms with Gasteiger partial charge in [-0.1, -0.05) is 18.5 Å². The molecule has 1 aliphatic heterocycles. The summed E-state index contributed by atoms with van der Waals surface area (Å²) in [5, 5.41) is 3.88. The van der Waals surface area contributed by atoms with Gasteiger partial charge in [-0.25, -0.2) is 9.97 Å². The Morgan fingerprint density at radius 1 is 1.44 bits per heavy atom. The van der Waals surface area contributed by atoms with Crippen LogP contribution in [0.3, 0.4) is 0 Å². The number of piperidine rings is 1. The number of aliphatic imine (C=N–C) groups is 1. The molecule has 0 radical (unpaired) electrons. The van der Waals surface area contributed by atoms with E-state index < -0.39 is 0 Å². The first-order valence-corrected chi connectivity index (χ1v) is 9.23. The fourth-order valence-corrected chi connectivity index (χ4v) is 3.39. The van der Waals surface area contributed by atoms with E-state index in [0.29, 0.717) is 36.0 Å². The lowest BCUT2D eigenvalue weighted by Crippen LogP contribution is -2.49. The van der Waals surface area contributed by atoms with E-state index in [1.807, 2.05) is 25.8 Å². The lowest BCUT2D eigenvalue weighted by atomic mass is 9.93. The zero-order valence-corrected chi connectivity index (χ0v) is 18.7. The molecule has 148 valence electrons. The highest BCUT2D eigenvalue weighted by Crippen LogP contribution is 2.27. The van der Waals surface area contributed by atoms with Gasteiger partial charge in [-0.3, -0.25) is 4.99 Å². The average molecular weight is 505 g/mol. The molecule has 0 aliphatic carbocycles. The van der Waals surface area contributed by atoms with Crippen molar-refractivity contribution < 1.29 is 4.74 Å². The summed E-state index contributed by atoms with van der Waals surface area (Å²) in [4.78, 5) is 15.0. The van der Waals surface area contributed by atoms with E-state index in [1.54, 1.807) is 18.3 Å². The van der Waals surface area contributed by atoms with Crippen LogP contribution in [0.25, 0.3) is 0 Å². The van der Waals surface area contributed by atoms with Gasteiger partial charge in [0.05, 0.1) is 18.9 Å². The predicted molar refractivity (Wildman–Crippen MR) is 118 cm³/mol. The molecule has 3 heterocycles. The van der Waals surface area contributed by atoms with Crippen molar-refractivity contribution in [2.24, 2.45) is 10.9 Å². The molecule has 2 atom stereocenters. The van der Waals surface area contributed by atoms with Gasteiger partial charge in [-0.05, 0) is 24.5 Å². The van der Waals surface area contributed by atoms with Crippen molar-refractivity contribution in [2.75, 3.05) is 33.3 Å². The van der Waals surface area contributed by atoms with Crippen LogP contribution in [-0.4, -0.2) is 58.7 Å². The maximum Gasteiger partial charge on any atom is 0.232 e. The number of hydrogen-bond donors (Lipinski definition) is 1. The number of rotatable bonds is 5. The van der Waals surface area contributed by atoms with Crippen LogP contribution in [0.5, 0.6) is 5.88 Å². The number of guanidine groups is 1. The maximum absolute atomic E-state index is 6.05. The summed E-state index contributed by atoms with van der Waals surface area (Å²) in [5.74, 6) is 1.95. The largest absolute Gasteiger partial charge is 0.475 e. The van der Waals surface area contributed by atoms with Gasteiger partial charge in [0.15, 0.2) is 5.96 Å². The summed E-state index contributed by atoms with van der Waals surface area (Å²) < 4.78 is 7.82. The van der Waals surface area contributed by atoms with Crippen LogP contribution < -0.4 is 10.1 Å². The third-order valence-electron chi connectivity index (χ3n) is 4.69. The maximum atomic E-state index is 6.05. The summed E-state index contributed by atoms with van der Waals surface area (Å²) in [5.41, 5.74) is 0. The Balaban J connectivity index is 0.00000261. The second-order valence-electron chi connectivity index (χ2n) is 6.40. The molecule has 0 amide bonds. The van der Waals surface area contributed by atoms with Crippen molar-refractivity contribution in [1.82, 2.24) is 24.8 Å². The number of aromatic nitrogens is 3. The van der Waals surface area contributed by atoms with Crippen molar-refractivity contribution in [1.29, 1.82) is 0 Å². The summed E-state index contributed by atoms with van der Waals surface area (Å²) in [6.07, 6.45) is 8.54. The highest BCUT2D eigenvalue weighted by atomic mass is 127. The minimum atomic E-state index is 0. The Hall–Kier alpha value is -1.55. The molecule has 1 N–H and O–H groups in total. The summed E-state index contributed by atoms with van der Waals surface area (Å²) in [7, 11) is 1.81. The molecular weight excluding hydrogens is 479 g/mol. The summed E-state index contributed by atoms with van der Waals surface area (Å²) >= 11 is 6.05. The van der Waals surface area contributed by atoms with Gasteiger partial charge >= 0.3 is 0 Å². The van der Waals surface area contributed by atoms with Crippen molar-refractivity contribution in [2.45, 2.75) is 19.4 Å². The summed E-state index contributed by atoms with van der Waals surface area (Å²) in [6, 6.07) is 3.94. The highest BCUT2D eigenvalue weighted by Gasteiger charge is 2.28. The van der Waals surface area contributed by atoms with Crippen molar-refractivity contribution in [3.63, 3.8) is 0 Å². The fourth-order valence-electron chi connectivity index (χ4n) is 3.22. The van der Waals surface area contributed by atoms with E-state index in [2.05, 4.69) is 36.7 Å². The van der Waals surface area contributed by atoms with Gasteiger partial charge in [0.2, 0.25) is 5.88 Å². The van der Waals surface area contributed by atoms with Gasteiger partial charge < -0.3 is 19.5 Å². The third-order valence-corrected chi connectivity index (χ3v) is 4.97. The van der Waals surface area contributed by atoms with Gasteiger partial charge in [0.25, 0.3) is 0 Å². The van der Waals surface area contributed by atoms with E-state index in [9.17, 15) is 0 Å². The highest BCUT2D eigenvalue weighted by molar-refractivity contribution is 14.0. The molecule has 3 rings (SSSR count). The quantitative estimate of drug-likeness (QED) is 0.293. The minimum absolute atomic E-state index is 0. The number of nitrogens with zero attached hydrogens (tertiary/aromatic N) is 5. The molecule has 9 heteroatoms. The monoisotopic (exact) mass is 504 g/mol. The molecular formula is C18H26ClIN6O. The first kappa shape index (κ1) is 21.7. The Morgan fingerprint density at radius 3 is 3.00 bits per heavy atom. The van der Waals surface area contributed by atoms with Gasteiger partial charge in [-0.2, -0.15) is 0 Å². The van der Waals surface area contributed by atoms with Crippen molar-refractivity contribution in [3.8, 4) is 5.88 Å². The molecule has 2 aromatic rings. The van der Waals surface area contributed by atoms with Crippen LogP contribution in [0, 0.1) is 5.92 Å². The standard InChI is InChI=1S/C18H25ClN6O.HI/c1-14-5-9-24(12-16(14)25-10-7-21-13-25)18(20-2)23-8-11-26-17-15(19)4-3-6-22-17;/h3-4,6-7,10,13-14,16H,5,8-9,11-12H2,1-2H3,(H,20,23);1H. The minimum Gasteiger partial charge on any atom is -0.475 e. The van der Waals surface area contributed by atoms with E-state index >= 15 is 0 Å². The first-order chi connectivity index (χ1) is 12.7. The zero-order valence-electron chi connectivity index (χ0n) is 15.6. The second-order valence-corrected chi connectivity index (χ2v) is 6.81. The van der Waals surface area contributed by atoms with E-state index in [1.165, 1.54) is 0 Å². The molecule has 27 heavy (non-hydrogen) atoms. The first-order valence-electron chi connectivity index (χ1n) is 8.85. The fraction of sp³-hybridized carbons (Fsp3) is 0.500. The normalized spacial score (nSPS) is 20.1. The Labute approximate surface area is 182 Å². The van der Waals surface area contributed by atoms with Gasteiger partial charge in [-0.15, -0.1) is 24.0 Å². The third kappa shape index (κ3) is 5.71. The SMILES string of the molecule is CN=C(NCCOc1ncccc1Cl)N1CCC(C)C(n2ccnc2)C1.I. The number of pyridine rings is 1. The van der Waals surface area contributed by atoms with Gasteiger partial charge in [0.1, 0.15) is 11.6 Å². The lowest BCUT2D eigenvalue weighted by Gasteiger charge is -2.39. The van der Waals surface area contributed by atoms with Crippen LogP contribution in [0.2, 0.25) is 5.02 Å². The number of likely N-dealkylation sites (tertiary alicyclic amines) is 1. The van der Waals surface area contributed by atoms with Crippen molar-refractivity contribution >= 4 is 41.5 Å². The Morgan fingerprint density at radius 2 is 2.30 bits per heavy atom. The molecule has 0 bridgehead atoms. The number of nitrogens with one attached hydrogen (secondary N) is 1. The van der Waals surface area contributed by atoms with E-state index in [4.69, 9.17) is 16.3 Å². The van der Waals surface area contributed by atoms with Crippen LogP contribution >= 0.6 is 35.6 Å². The molecule has 0 spiro atoms. The van der Waals surface area contributed by atoms with Crippen LogP contribution in [0.4, 0.5) is 0 Å². The summed E-state index contributed by atoms with van der Waals surface area (Å²) in [6.45, 7) is 5.28. The van der Waals surface area contributed by atoms with Gasteiger partial charge in [0, 0.05) is 38.7 Å². The Bertz CT molecular complexity index is 726. The predicted octanol–water partition coefficient (Wildman–Crippen LogP) is 3.09. The number of halogens is 2. The number of ether oxygens (including phenoxy) is 1. The van der Waals surface area contributed by atoms with E-state index in [0.717, 1.165) is 25.5 Å². The van der Waals surface area contributed by atoms with Crippen molar-refractivity contribution in [3.05, 3.63) is 42.1 Å².